The summed E-state index contributed by atoms with van der Waals surface area (Å²) in [5, 5.41) is 5.41. The number of hydrogen-bond acceptors (Lipinski definition) is 3. The molecule has 6 heteroatoms. The number of aromatic nitrogens is 1. The molecule has 2 amide bonds. The number of amides is 2. The molecule has 0 bridgehead atoms. The van der Waals surface area contributed by atoms with Crippen LogP contribution >= 0.6 is 0 Å². The maximum Gasteiger partial charge on any atom is 0.264 e. The average Bonchev–Trinajstić information content (AvgIpc) is 3.35. The molecule has 26 heavy (non-hydrogen) atoms. The molecule has 3 rings (SSSR count). The second kappa shape index (κ2) is 7.15. The highest BCUT2D eigenvalue weighted by molar-refractivity contribution is 5.99. The fourth-order valence-electron chi connectivity index (χ4n) is 2.98. The molecule has 1 saturated carbocycles. The van der Waals surface area contributed by atoms with Gasteiger partial charge in [0.25, 0.3) is 17.4 Å². The second-order valence-electron chi connectivity index (χ2n) is 6.81. The van der Waals surface area contributed by atoms with Gasteiger partial charge in [-0.3, -0.25) is 14.4 Å². The topological polar surface area (TPSA) is 80.2 Å². The van der Waals surface area contributed by atoms with Crippen molar-refractivity contribution >= 4 is 11.8 Å². The van der Waals surface area contributed by atoms with Gasteiger partial charge in [0.2, 0.25) is 0 Å². The van der Waals surface area contributed by atoms with Crippen molar-refractivity contribution in [2.75, 3.05) is 7.05 Å². The van der Waals surface area contributed by atoms with Crippen LogP contribution in [0.5, 0.6) is 0 Å². The van der Waals surface area contributed by atoms with Crippen LogP contribution < -0.4 is 16.2 Å². The lowest BCUT2D eigenvalue weighted by Gasteiger charge is -2.18. The van der Waals surface area contributed by atoms with Gasteiger partial charge in [0, 0.05) is 19.3 Å². The third-order valence-corrected chi connectivity index (χ3v) is 4.90. The third kappa shape index (κ3) is 3.54. The number of carbonyl (C=O) groups is 2. The van der Waals surface area contributed by atoms with Crippen LogP contribution in [0.25, 0.3) is 0 Å². The minimum Gasteiger partial charge on any atom is -0.355 e. The first-order chi connectivity index (χ1) is 12.4. The van der Waals surface area contributed by atoms with Crippen molar-refractivity contribution < 1.29 is 9.59 Å². The molecule has 136 valence electrons. The molecular formula is C20H23N3O3. The molecule has 1 aliphatic carbocycles. The molecule has 1 aliphatic rings. The molecule has 0 unspecified atom stereocenters. The Morgan fingerprint density at radius 1 is 1.19 bits per heavy atom. The van der Waals surface area contributed by atoms with E-state index in [9.17, 15) is 14.4 Å². The number of hydrogen-bond donors (Lipinski definition) is 2. The zero-order valence-corrected chi connectivity index (χ0v) is 15.2. The second-order valence-corrected chi connectivity index (χ2v) is 6.81. The smallest absolute Gasteiger partial charge is 0.264 e. The SMILES string of the molecule is CNC(=O)c1cc(C(=O)N[C@H]2C[C@@H]2C)cn([C@H](C)c2ccccc2)c1=O. The van der Waals surface area contributed by atoms with Crippen molar-refractivity contribution in [3.05, 3.63) is 69.6 Å². The largest absolute Gasteiger partial charge is 0.355 e. The predicted octanol–water partition coefficient (Wildman–Crippen LogP) is 1.96. The lowest BCUT2D eigenvalue weighted by molar-refractivity contribution is 0.0948. The summed E-state index contributed by atoms with van der Waals surface area (Å²) in [7, 11) is 1.46. The van der Waals surface area contributed by atoms with Gasteiger partial charge in [-0.25, -0.2) is 0 Å². The summed E-state index contributed by atoms with van der Waals surface area (Å²) in [6.45, 7) is 3.94. The quantitative estimate of drug-likeness (QED) is 0.862. The molecule has 1 fully saturated rings. The van der Waals surface area contributed by atoms with Crippen molar-refractivity contribution in [3.63, 3.8) is 0 Å². The van der Waals surface area contributed by atoms with Crippen molar-refractivity contribution in [1.82, 2.24) is 15.2 Å². The summed E-state index contributed by atoms with van der Waals surface area (Å²) in [5.41, 5.74) is 0.778. The van der Waals surface area contributed by atoms with Crippen LogP contribution in [0.1, 0.15) is 52.6 Å². The van der Waals surface area contributed by atoms with Gasteiger partial charge in [-0.2, -0.15) is 0 Å². The molecule has 1 aromatic heterocycles. The Kier molecular flexibility index (Phi) is 4.93. The Bertz CT molecular complexity index is 889. The van der Waals surface area contributed by atoms with Gasteiger partial charge in [-0.1, -0.05) is 37.3 Å². The lowest BCUT2D eigenvalue weighted by Crippen LogP contribution is -2.35. The van der Waals surface area contributed by atoms with E-state index in [1.54, 1.807) is 0 Å². The molecule has 1 aromatic carbocycles. The minimum atomic E-state index is -0.501. The van der Waals surface area contributed by atoms with Gasteiger partial charge in [0.15, 0.2) is 0 Å². The van der Waals surface area contributed by atoms with Gasteiger partial charge in [-0.05, 0) is 30.9 Å². The number of nitrogens with one attached hydrogen (secondary N) is 2. The Morgan fingerprint density at radius 2 is 1.85 bits per heavy atom. The summed E-state index contributed by atoms with van der Waals surface area (Å²) in [4.78, 5) is 37.5. The van der Waals surface area contributed by atoms with E-state index in [1.165, 1.54) is 23.9 Å². The van der Waals surface area contributed by atoms with Gasteiger partial charge in [0.05, 0.1) is 11.6 Å². The molecule has 0 radical (unpaired) electrons. The van der Waals surface area contributed by atoms with Crippen LogP contribution in [-0.4, -0.2) is 29.5 Å². The summed E-state index contributed by atoms with van der Waals surface area (Å²) < 4.78 is 1.45. The summed E-state index contributed by atoms with van der Waals surface area (Å²) in [5.74, 6) is -0.302. The normalized spacial score (nSPS) is 19.5. The van der Waals surface area contributed by atoms with E-state index >= 15 is 0 Å². The molecule has 1 heterocycles. The summed E-state index contributed by atoms with van der Waals surface area (Å²) >= 11 is 0. The van der Waals surface area contributed by atoms with Crippen molar-refractivity contribution in [1.29, 1.82) is 0 Å². The zero-order chi connectivity index (χ0) is 18.8. The third-order valence-electron chi connectivity index (χ3n) is 4.90. The molecule has 0 spiro atoms. The van der Waals surface area contributed by atoms with Crippen molar-refractivity contribution in [2.45, 2.75) is 32.4 Å². The van der Waals surface area contributed by atoms with Crippen LogP contribution in [0.15, 0.2) is 47.4 Å². The Hall–Kier alpha value is -2.89. The number of carbonyl (C=O) groups excluding carboxylic acids is 2. The van der Waals surface area contributed by atoms with E-state index in [1.807, 2.05) is 37.3 Å². The summed E-state index contributed by atoms with van der Waals surface area (Å²) in [6.07, 6.45) is 2.49. The number of nitrogens with zero attached hydrogens (tertiary/aromatic N) is 1. The number of benzene rings is 1. The summed E-state index contributed by atoms with van der Waals surface area (Å²) in [6, 6.07) is 10.7. The molecule has 6 nitrogen and oxygen atoms in total. The van der Waals surface area contributed by atoms with Crippen LogP contribution in [-0.2, 0) is 0 Å². The number of pyridine rings is 1. The van der Waals surface area contributed by atoms with Crippen LogP contribution in [0.3, 0.4) is 0 Å². The lowest BCUT2D eigenvalue weighted by atomic mass is 10.1. The first-order valence-corrected chi connectivity index (χ1v) is 8.76. The molecule has 3 atom stereocenters. The van der Waals surface area contributed by atoms with E-state index in [2.05, 4.69) is 17.6 Å². The molecule has 0 aliphatic heterocycles. The zero-order valence-electron chi connectivity index (χ0n) is 15.2. The molecule has 0 saturated heterocycles. The van der Waals surface area contributed by atoms with E-state index < -0.39 is 11.5 Å². The highest BCUT2D eigenvalue weighted by atomic mass is 16.2. The maximum atomic E-state index is 12.8. The van der Waals surface area contributed by atoms with E-state index in [0.717, 1.165) is 12.0 Å². The molecular weight excluding hydrogens is 330 g/mol. The monoisotopic (exact) mass is 353 g/mol. The van der Waals surface area contributed by atoms with E-state index in [-0.39, 0.29) is 23.6 Å². The van der Waals surface area contributed by atoms with Crippen LogP contribution in [0.2, 0.25) is 0 Å². The minimum absolute atomic E-state index is 0.0354. The fraction of sp³-hybridized carbons (Fsp3) is 0.350. The van der Waals surface area contributed by atoms with Crippen LogP contribution in [0.4, 0.5) is 0 Å². The fourth-order valence-corrected chi connectivity index (χ4v) is 2.98. The van der Waals surface area contributed by atoms with Gasteiger partial charge < -0.3 is 15.2 Å². The Labute approximate surface area is 152 Å². The standard InChI is InChI=1S/C20H23N3O3/c1-12-9-17(12)22-18(24)15-10-16(19(25)21-3)20(26)23(11-15)13(2)14-7-5-4-6-8-14/h4-8,10-13,17H,9H2,1-3H3,(H,21,25)(H,22,24)/t12-,13+,17-/m0/s1. The van der Waals surface area contributed by atoms with E-state index in [0.29, 0.717) is 11.5 Å². The van der Waals surface area contributed by atoms with Gasteiger partial charge >= 0.3 is 0 Å². The predicted molar refractivity (Wildman–Crippen MR) is 99.4 cm³/mol. The highest BCUT2D eigenvalue weighted by Crippen LogP contribution is 2.29. The first kappa shape index (κ1) is 17.9. The van der Waals surface area contributed by atoms with E-state index in [4.69, 9.17) is 0 Å². The van der Waals surface area contributed by atoms with Crippen molar-refractivity contribution in [3.8, 4) is 0 Å². The van der Waals surface area contributed by atoms with Gasteiger partial charge in [0.1, 0.15) is 5.56 Å². The number of rotatable bonds is 5. The maximum absolute atomic E-state index is 12.8. The van der Waals surface area contributed by atoms with Crippen molar-refractivity contribution in [2.24, 2.45) is 5.92 Å². The molecule has 2 N–H and O–H groups in total. The van der Waals surface area contributed by atoms with Crippen LogP contribution in [0, 0.1) is 5.92 Å². The van der Waals surface area contributed by atoms with Gasteiger partial charge in [-0.15, -0.1) is 0 Å². The Morgan fingerprint density at radius 3 is 2.42 bits per heavy atom. The molecule has 2 aromatic rings. The first-order valence-electron chi connectivity index (χ1n) is 8.76. The highest BCUT2D eigenvalue weighted by Gasteiger charge is 2.34. The Balaban J connectivity index is 2.04. The average molecular weight is 353 g/mol.